The second-order valence-corrected chi connectivity index (χ2v) is 8.64. The van der Waals surface area contributed by atoms with E-state index < -0.39 is 15.6 Å². The van der Waals surface area contributed by atoms with Crippen LogP contribution in [0.3, 0.4) is 0 Å². The van der Waals surface area contributed by atoms with Crippen LogP contribution in [0.5, 0.6) is 5.75 Å². The highest BCUT2D eigenvalue weighted by Gasteiger charge is 2.30. The molecule has 3 aromatic rings. The zero-order valence-electron chi connectivity index (χ0n) is 16.0. The topological polar surface area (TPSA) is 114 Å². The zero-order chi connectivity index (χ0) is 20.8. The van der Waals surface area contributed by atoms with Crippen LogP contribution >= 0.6 is 0 Å². The van der Waals surface area contributed by atoms with Gasteiger partial charge < -0.3 is 10.4 Å². The van der Waals surface area contributed by atoms with Gasteiger partial charge in [-0.2, -0.15) is 8.42 Å². The van der Waals surface area contributed by atoms with Crippen LogP contribution in [-0.2, 0) is 16.6 Å². The molecular formula is C20H20N4O4S. The maximum absolute atomic E-state index is 13.3. The van der Waals surface area contributed by atoms with Crippen LogP contribution in [0.25, 0.3) is 11.0 Å². The summed E-state index contributed by atoms with van der Waals surface area (Å²) in [5.74, 6) is -0.366. The molecule has 0 saturated carbocycles. The van der Waals surface area contributed by atoms with Crippen LogP contribution in [-0.4, -0.2) is 28.9 Å². The van der Waals surface area contributed by atoms with Gasteiger partial charge in [0, 0.05) is 12.7 Å². The number of nitrogens with one attached hydrogen (secondary N) is 1. The van der Waals surface area contributed by atoms with Gasteiger partial charge in [0.1, 0.15) is 21.9 Å². The van der Waals surface area contributed by atoms with Gasteiger partial charge in [0.15, 0.2) is 5.84 Å². The minimum Gasteiger partial charge on any atom is -0.506 e. The number of nitrogens with zero attached hydrogens (tertiary/aromatic N) is 3. The summed E-state index contributed by atoms with van der Waals surface area (Å²) in [6.07, 6.45) is 2.39. The van der Waals surface area contributed by atoms with Crippen LogP contribution in [0.1, 0.15) is 25.8 Å². The van der Waals surface area contributed by atoms with Crippen LogP contribution in [0.4, 0.5) is 5.69 Å². The van der Waals surface area contributed by atoms with Gasteiger partial charge in [-0.05, 0) is 30.2 Å². The van der Waals surface area contributed by atoms with Gasteiger partial charge >= 0.3 is 0 Å². The van der Waals surface area contributed by atoms with Gasteiger partial charge in [0.25, 0.3) is 15.6 Å². The number of hydrogen-bond acceptors (Lipinski definition) is 6. The predicted molar refractivity (Wildman–Crippen MR) is 111 cm³/mol. The molecule has 0 aliphatic carbocycles. The van der Waals surface area contributed by atoms with Gasteiger partial charge in [-0.1, -0.05) is 32.4 Å². The number of fused-ring (bicyclic) bond motifs is 2. The molecule has 29 heavy (non-hydrogen) atoms. The number of benzene rings is 1. The molecule has 2 aromatic heterocycles. The Labute approximate surface area is 167 Å². The lowest BCUT2D eigenvalue weighted by Gasteiger charge is -2.21. The summed E-state index contributed by atoms with van der Waals surface area (Å²) in [5.41, 5.74) is -0.0866. The first-order valence-electron chi connectivity index (χ1n) is 9.25. The van der Waals surface area contributed by atoms with Crippen molar-refractivity contribution in [1.29, 1.82) is 0 Å². The van der Waals surface area contributed by atoms with Crippen LogP contribution in [0.15, 0.2) is 56.7 Å². The molecule has 8 nitrogen and oxygen atoms in total. The summed E-state index contributed by atoms with van der Waals surface area (Å²) < 4.78 is 30.5. The van der Waals surface area contributed by atoms with E-state index in [4.69, 9.17) is 0 Å². The molecule has 2 N–H and O–H groups in total. The fourth-order valence-electron chi connectivity index (χ4n) is 3.31. The number of para-hydroxylation sites is 1. The fraction of sp³-hybridized carbons (Fsp3) is 0.250. The second kappa shape index (κ2) is 7.00. The molecule has 4 rings (SSSR count). The van der Waals surface area contributed by atoms with Crippen molar-refractivity contribution < 1.29 is 13.5 Å². The second-order valence-electron chi connectivity index (χ2n) is 7.06. The Morgan fingerprint density at radius 2 is 1.97 bits per heavy atom. The molecule has 9 heteroatoms. The molecule has 1 atom stereocenters. The third kappa shape index (κ3) is 3.17. The van der Waals surface area contributed by atoms with Crippen LogP contribution < -0.4 is 10.9 Å². The Morgan fingerprint density at radius 1 is 1.21 bits per heavy atom. The van der Waals surface area contributed by atoms with Gasteiger partial charge in [-0.25, -0.2) is 4.98 Å². The van der Waals surface area contributed by atoms with Crippen molar-refractivity contribution >= 4 is 32.6 Å². The van der Waals surface area contributed by atoms with Crippen molar-refractivity contribution in [2.24, 2.45) is 10.3 Å². The SMILES string of the molecule is CC[C@H](C)Cn1c(=O)c(C2=NS(=O)(=O)c3ccccc3N2)c(O)c2cccnc21. The van der Waals surface area contributed by atoms with Crippen molar-refractivity contribution in [3.63, 3.8) is 0 Å². The molecule has 150 valence electrons. The molecule has 0 saturated heterocycles. The lowest BCUT2D eigenvalue weighted by atomic mass is 10.1. The maximum Gasteiger partial charge on any atom is 0.286 e. The zero-order valence-corrected chi connectivity index (χ0v) is 16.8. The highest BCUT2D eigenvalue weighted by Crippen LogP contribution is 2.31. The molecule has 0 radical (unpaired) electrons. The number of amidine groups is 1. The van der Waals surface area contributed by atoms with Crippen LogP contribution in [0, 0.1) is 5.92 Å². The molecule has 1 aromatic carbocycles. The van der Waals surface area contributed by atoms with Crippen molar-refractivity contribution in [3.8, 4) is 5.75 Å². The van der Waals surface area contributed by atoms with E-state index in [0.717, 1.165) is 6.42 Å². The van der Waals surface area contributed by atoms with E-state index in [9.17, 15) is 18.3 Å². The van der Waals surface area contributed by atoms with E-state index in [1.165, 1.54) is 10.6 Å². The maximum atomic E-state index is 13.3. The quantitative estimate of drug-likeness (QED) is 0.681. The molecule has 1 aliphatic rings. The standard InChI is InChI=1S/C20H20N4O4S/c1-3-12(2)11-24-19-13(7-6-10-21-19)17(25)16(20(24)26)18-22-14-8-4-5-9-15(14)29(27,28)23-18/h4-10,12,25H,3,11H2,1-2H3,(H,22,23)/t12-/m0/s1. The Balaban J connectivity index is 2.00. The first kappa shape index (κ1) is 19.1. The number of pyridine rings is 2. The third-order valence-corrected chi connectivity index (χ3v) is 6.39. The number of rotatable bonds is 4. The highest BCUT2D eigenvalue weighted by molar-refractivity contribution is 7.90. The first-order valence-corrected chi connectivity index (χ1v) is 10.7. The Bertz CT molecular complexity index is 1310. The van der Waals surface area contributed by atoms with Crippen molar-refractivity contribution in [3.05, 3.63) is 58.5 Å². The molecule has 3 heterocycles. The summed E-state index contributed by atoms with van der Waals surface area (Å²) in [4.78, 5) is 17.6. The number of aromatic nitrogens is 2. The number of sulfonamides is 1. The van der Waals surface area contributed by atoms with E-state index in [0.29, 0.717) is 23.3 Å². The fourth-order valence-corrected chi connectivity index (χ4v) is 4.43. The summed E-state index contributed by atoms with van der Waals surface area (Å²) in [5, 5.41) is 14.1. The van der Waals surface area contributed by atoms with Gasteiger partial charge in [0.05, 0.1) is 11.1 Å². The molecule has 0 fully saturated rings. The highest BCUT2D eigenvalue weighted by atomic mass is 32.2. The third-order valence-electron chi connectivity index (χ3n) is 5.05. The monoisotopic (exact) mass is 412 g/mol. The van der Waals surface area contributed by atoms with E-state index >= 15 is 0 Å². The Kier molecular flexibility index (Phi) is 4.62. The lowest BCUT2D eigenvalue weighted by molar-refractivity contribution is 0.456. The predicted octanol–water partition coefficient (Wildman–Crippen LogP) is 2.71. The Hall–Kier alpha value is -3.20. The summed E-state index contributed by atoms with van der Waals surface area (Å²) >= 11 is 0. The average molecular weight is 412 g/mol. The molecule has 0 bridgehead atoms. The minimum atomic E-state index is -4.02. The van der Waals surface area contributed by atoms with E-state index in [2.05, 4.69) is 14.7 Å². The number of aromatic hydroxyl groups is 1. The molecular weight excluding hydrogens is 392 g/mol. The van der Waals surface area contributed by atoms with Crippen molar-refractivity contribution in [2.75, 3.05) is 5.32 Å². The van der Waals surface area contributed by atoms with Crippen LogP contribution in [0.2, 0.25) is 0 Å². The molecule has 0 amide bonds. The molecule has 1 aliphatic heterocycles. The van der Waals surface area contributed by atoms with Crippen molar-refractivity contribution in [1.82, 2.24) is 9.55 Å². The number of anilines is 1. The Morgan fingerprint density at radius 3 is 2.72 bits per heavy atom. The van der Waals surface area contributed by atoms with E-state index in [1.807, 2.05) is 13.8 Å². The normalized spacial score (nSPS) is 16.0. The molecule has 0 spiro atoms. The first-order chi connectivity index (χ1) is 13.8. The average Bonchev–Trinajstić information content (AvgIpc) is 2.70. The summed E-state index contributed by atoms with van der Waals surface area (Å²) in [6, 6.07) is 9.57. The number of hydrogen-bond donors (Lipinski definition) is 2. The van der Waals surface area contributed by atoms with Gasteiger partial charge in [-0.15, -0.1) is 4.40 Å². The molecule has 0 unspecified atom stereocenters. The van der Waals surface area contributed by atoms with Gasteiger partial charge in [-0.3, -0.25) is 9.36 Å². The van der Waals surface area contributed by atoms with Gasteiger partial charge in [0.2, 0.25) is 0 Å². The summed E-state index contributed by atoms with van der Waals surface area (Å²) in [6.45, 7) is 4.40. The summed E-state index contributed by atoms with van der Waals surface area (Å²) in [7, 11) is -4.02. The largest absolute Gasteiger partial charge is 0.506 e. The van der Waals surface area contributed by atoms with E-state index in [-0.39, 0.29) is 28.0 Å². The smallest absolute Gasteiger partial charge is 0.286 e. The van der Waals surface area contributed by atoms with E-state index in [1.54, 1.807) is 36.5 Å². The minimum absolute atomic E-state index is 0.0191. The lowest BCUT2D eigenvalue weighted by Crippen LogP contribution is -2.33. The van der Waals surface area contributed by atoms with Crippen molar-refractivity contribution in [2.45, 2.75) is 31.7 Å².